The maximum atomic E-state index is 14.1. The Hall–Kier alpha value is -6.30. The van der Waals surface area contributed by atoms with Crippen molar-refractivity contribution in [2.75, 3.05) is 20.3 Å². The Morgan fingerprint density at radius 1 is 1.03 bits per heavy atom. The molecule has 6 atom stereocenters. The van der Waals surface area contributed by atoms with Crippen LogP contribution in [0, 0.1) is 12.3 Å². The molecule has 5 aromatic rings. The van der Waals surface area contributed by atoms with Crippen LogP contribution in [0.4, 0.5) is 0 Å². The first-order valence-corrected chi connectivity index (χ1v) is 20.1. The molecule has 16 nitrogen and oxygen atoms in total. The number of fused-ring (bicyclic) bond motifs is 4. The number of nitrogens with two attached hydrogens (primary N) is 1. The Kier molecular flexibility index (Phi) is 11.3. The van der Waals surface area contributed by atoms with E-state index in [2.05, 4.69) is 5.32 Å². The highest BCUT2D eigenvalue weighted by Crippen LogP contribution is 2.53. The first-order valence-electron chi connectivity index (χ1n) is 20.1. The Bertz CT molecular complexity index is 2710. The lowest BCUT2D eigenvalue weighted by atomic mass is 9.66. The average molecular weight is 850 g/mol. The number of aryl methyl sites for hydroxylation is 1. The molecule has 8 rings (SSSR count). The third kappa shape index (κ3) is 7.64. The fraction of sp³-hybridized carbons (Fsp3) is 0.348. The second-order valence-corrected chi connectivity index (χ2v) is 16.4. The van der Waals surface area contributed by atoms with E-state index in [0.717, 1.165) is 5.56 Å². The van der Waals surface area contributed by atoms with Gasteiger partial charge in [0.1, 0.15) is 11.5 Å². The first kappa shape index (κ1) is 42.4. The number of hydrogen-bond donors (Lipinski definition) is 6. The number of ether oxygens (including phenoxy) is 4. The third-order valence-electron chi connectivity index (χ3n) is 12.1. The summed E-state index contributed by atoms with van der Waals surface area (Å²) in [7, 11) is 1.39. The summed E-state index contributed by atoms with van der Waals surface area (Å²) < 4.78 is 30.3. The van der Waals surface area contributed by atoms with E-state index >= 15 is 0 Å². The zero-order valence-electron chi connectivity index (χ0n) is 34.5. The number of phenols is 2. The summed E-state index contributed by atoms with van der Waals surface area (Å²) in [6.07, 6.45) is -1.80. The van der Waals surface area contributed by atoms with Gasteiger partial charge in [-0.25, -0.2) is 4.79 Å². The van der Waals surface area contributed by atoms with Crippen molar-refractivity contribution >= 4 is 28.6 Å². The van der Waals surface area contributed by atoms with Gasteiger partial charge in [0, 0.05) is 35.4 Å². The molecule has 0 saturated carbocycles. The van der Waals surface area contributed by atoms with Crippen LogP contribution >= 0.6 is 0 Å². The van der Waals surface area contributed by atoms with E-state index in [9.17, 15) is 39.6 Å². The molecule has 1 aromatic heterocycles. The number of aromatic hydroxyl groups is 2. The summed E-state index contributed by atoms with van der Waals surface area (Å²) in [5.41, 5.74) is 8.94. The lowest BCUT2D eigenvalue weighted by Gasteiger charge is -2.44. The molecule has 2 aliphatic carbocycles. The van der Waals surface area contributed by atoms with Gasteiger partial charge in [0.25, 0.3) is 5.91 Å². The van der Waals surface area contributed by atoms with E-state index in [1.807, 2.05) is 26.0 Å². The Balaban J connectivity index is 1.03. The molecule has 0 radical (unpaired) electrons. The molecule has 4 aromatic carbocycles. The summed E-state index contributed by atoms with van der Waals surface area (Å²) in [4.78, 5) is 53.7. The first-order chi connectivity index (χ1) is 29.6. The smallest absolute Gasteiger partial charge is 0.420 e. The molecule has 324 valence electrons. The zero-order chi connectivity index (χ0) is 44.2. The second kappa shape index (κ2) is 16.5. The summed E-state index contributed by atoms with van der Waals surface area (Å²) in [6.45, 7) is 4.50. The van der Waals surface area contributed by atoms with Crippen LogP contribution in [-0.4, -0.2) is 87.3 Å². The number of oxazole rings is 1. The van der Waals surface area contributed by atoms with Crippen molar-refractivity contribution in [3.63, 3.8) is 0 Å². The number of aromatic nitrogens is 1. The van der Waals surface area contributed by atoms with Gasteiger partial charge in [-0.2, -0.15) is 0 Å². The molecule has 16 heteroatoms. The maximum Gasteiger partial charge on any atom is 0.420 e. The van der Waals surface area contributed by atoms with E-state index in [4.69, 9.17) is 29.1 Å². The molecule has 1 amide bonds. The van der Waals surface area contributed by atoms with Gasteiger partial charge in [-0.05, 0) is 90.8 Å². The van der Waals surface area contributed by atoms with Crippen molar-refractivity contribution in [3.05, 3.63) is 127 Å². The number of aliphatic hydroxyl groups excluding tert-OH is 2. The molecule has 0 bridgehead atoms. The van der Waals surface area contributed by atoms with Crippen LogP contribution in [0.25, 0.3) is 11.1 Å². The molecule has 3 aliphatic rings. The summed E-state index contributed by atoms with van der Waals surface area (Å²) >= 11 is 0. The number of nitrogens with zero attached hydrogens (tertiary/aromatic N) is 1. The van der Waals surface area contributed by atoms with Gasteiger partial charge in [0.05, 0.1) is 55.2 Å². The van der Waals surface area contributed by atoms with E-state index in [-0.39, 0.29) is 70.9 Å². The topological polar surface area (TPSA) is 242 Å². The molecule has 1 aliphatic heterocycles. The van der Waals surface area contributed by atoms with Crippen molar-refractivity contribution in [2.45, 2.75) is 77.2 Å². The van der Waals surface area contributed by atoms with E-state index < -0.39 is 78.3 Å². The van der Waals surface area contributed by atoms with Crippen LogP contribution in [0.15, 0.2) is 81.6 Å². The van der Waals surface area contributed by atoms with Crippen molar-refractivity contribution in [1.82, 2.24) is 9.88 Å². The highest BCUT2D eigenvalue weighted by molar-refractivity contribution is 6.30. The Morgan fingerprint density at radius 2 is 1.82 bits per heavy atom. The van der Waals surface area contributed by atoms with Crippen LogP contribution < -0.4 is 26.3 Å². The number of carbonyl (C=O) groups is 3. The SMILES string of the molecule is COc1cccc2c1C(=O)c1c(cc3c(c1O)[C@@H](OC1CC(N)C(O)[C@H](C)O1)C[C@](C)(C(=CNC(=O)COc1ccc(Cn4c(=O)oc5ccc(C)cc54)cc1O)CO)C3)C2=O. The van der Waals surface area contributed by atoms with Gasteiger partial charge in [0.2, 0.25) is 5.78 Å². The van der Waals surface area contributed by atoms with E-state index in [1.165, 1.54) is 36.1 Å². The minimum absolute atomic E-state index is 0.00193. The van der Waals surface area contributed by atoms with Crippen LogP contribution in [0.3, 0.4) is 0 Å². The molecule has 0 spiro atoms. The predicted octanol–water partition coefficient (Wildman–Crippen LogP) is 4.05. The zero-order valence-corrected chi connectivity index (χ0v) is 34.5. The molecule has 7 N–H and O–H groups in total. The van der Waals surface area contributed by atoms with Gasteiger partial charge in [-0.1, -0.05) is 31.2 Å². The van der Waals surface area contributed by atoms with Crippen molar-refractivity contribution in [2.24, 2.45) is 11.1 Å². The standard InChI is InChI=1S/C46H47N3O13/c1-22-8-10-32-30(12-22)49(45(57)62-32)19-24-9-11-33(31(51)13-24)59-21-36(52)48-18-26(20-50)46(3)16-25-14-28-40(44(56)39-27(42(28)54)6-5-7-34(39)58-4)43(55)38(25)35(17-46)61-37-15-29(47)41(53)23(2)60-37/h5-14,18,23,29,35,37,41,50-51,53,55H,15-17,19-21,47H2,1-4H3,(H,48,52)/t23-,29?,35-,37?,41?,46+/m0/s1. The van der Waals surface area contributed by atoms with Crippen LogP contribution in [0.2, 0.25) is 0 Å². The summed E-state index contributed by atoms with van der Waals surface area (Å²) in [5.74, 6) is -2.69. The predicted molar refractivity (Wildman–Crippen MR) is 222 cm³/mol. The van der Waals surface area contributed by atoms with Crippen LogP contribution in [-0.2, 0) is 27.2 Å². The highest BCUT2D eigenvalue weighted by Gasteiger charge is 2.46. The number of hydrogen-bond acceptors (Lipinski definition) is 14. The number of methoxy groups -OCH3 is 1. The Morgan fingerprint density at radius 3 is 2.55 bits per heavy atom. The number of phenolic OH excluding ortho intramolecular Hbond substituents is 2. The molecule has 3 unspecified atom stereocenters. The van der Waals surface area contributed by atoms with Crippen molar-refractivity contribution < 1.29 is 58.2 Å². The minimum atomic E-state index is -0.981. The number of amides is 1. The van der Waals surface area contributed by atoms with Crippen LogP contribution in [0.1, 0.15) is 86.9 Å². The van der Waals surface area contributed by atoms with Gasteiger partial charge >= 0.3 is 5.76 Å². The molecular formula is C46H47N3O13. The quantitative estimate of drug-likeness (QED) is 0.108. The van der Waals surface area contributed by atoms with Gasteiger partial charge in [-0.15, -0.1) is 0 Å². The number of aliphatic hydroxyl groups is 2. The van der Waals surface area contributed by atoms with E-state index in [1.54, 1.807) is 37.3 Å². The highest BCUT2D eigenvalue weighted by atomic mass is 16.7. The lowest BCUT2D eigenvalue weighted by molar-refractivity contribution is -0.244. The molecule has 62 heavy (non-hydrogen) atoms. The maximum absolute atomic E-state index is 14.1. The van der Waals surface area contributed by atoms with Crippen LogP contribution in [0.5, 0.6) is 23.0 Å². The van der Waals surface area contributed by atoms with Gasteiger partial charge < -0.3 is 54.8 Å². The number of nitrogens with one attached hydrogen (secondary N) is 1. The number of carbonyl (C=O) groups excluding carboxylic acids is 3. The molecule has 1 fully saturated rings. The van der Waals surface area contributed by atoms with Crippen molar-refractivity contribution in [3.8, 4) is 23.0 Å². The third-order valence-corrected chi connectivity index (χ3v) is 12.1. The average Bonchev–Trinajstić information content (AvgIpc) is 3.53. The number of benzene rings is 4. The molecular weight excluding hydrogens is 803 g/mol. The fourth-order valence-electron chi connectivity index (χ4n) is 8.82. The summed E-state index contributed by atoms with van der Waals surface area (Å²) in [6, 6.07) is 15.5. The lowest BCUT2D eigenvalue weighted by Crippen LogP contribution is -2.52. The fourth-order valence-corrected chi connectivity index (χ4v) is 8.82. The largest absolute Gasteiger partial charge is 0.507 e. The van der Waals surface area contributed by atoms with Gasteiger partial charge in [0.15, 0.2) is 35.8 Å². The number of rotatable bonds is 11. The summed E-state index contributed by atoms with van der Waals surface area (Å²) in [5, 5.41) is 46.6. The van der Waals surface area contributed by atoms with Gasteiger partial charge in [-0.3, -0.25) is 19.0 Å². The van der Waals surface area contributed by atoms with E-state index in [0.29, 0.717) is 27.8 Å². The Labute approximate surface area is 355 Å². The normalized spacial score (nSPS) is 23.4. The monoisotopic (exact) mass is 849 g/mol. The molecule has 2 heterocycles. The second-order valence-electron chi connectivity index (χ2n) is 16.4. The number of ketones is 2. The van der Waals surface area contributed by atoms with Crippen molar-refractivity contribution in [1.29, 1.82) is 0 Å². The minimum Gasteiger partial charge on any atom is -0.507 e. The molecule has 1 saturated heterocycles.